The second-order valence-electron chi connectivity index (χ2n) is 6.23. The smallest absolute Gasteiger partial charge is 0.270 e. The van der Waals surface area contributed by atoms with Gasteiger partial charge in [-0.3, -0.25) is 14.9 Å². The van der Waals surface area contributed by atoms with Gasteiger partial charge in [-0.05, 0) is 31.2 Å². The summed E-state index contributed by atoms with van der Waals surface area (Å²) in [6.45, 7) is 2.31. The maximum atomic E-state index is 12.6. The van der Waals surface area contributed by atoms with Crippen molar-refractivity contribution < 1.29 is 14.8 Å². The lowest BCUT2D eigenvalue weighted by Crippen LogP contribution is -2.41. The quantitative estimate of drug-likeness (QED) is 0.680. The molecule has 1 N–H and O–H groups in total. The SMILES string of the molecule is O=C1c2cc([N+](=O)[O-])ccc2CCC1CN1CCC(O)CC1. The van der Waals surface area contributed by atoms with E-state index in [9.17, 15) is 20.0 Å². The van der Waals surface area contributed by atoms with E-state index in [-0.39, 0.29) is 23.5 Å². The van der Waals surface area contributed by atoms with Crippen molar-refractivity contribution in [1.29, 1.82) is 0 Å². The summed E-state index contributed by atoms with van der Waals surface area (Å²) in [5, 5.41) is 20.4. The van der Waals surface area contributed by atoms with Gasteiger partial charge in [0.05, 0.1) is 11.0 Å². The Bertz CT molecular complexity index is 594. The van der Waals surface area contributed by atoms with Crippen LogP contribution in [0.25, 0.3) is 0 Å². The van der Waals surface area contributed by atoms with Gasteiger partial charge in [-0.1, -0.05) is 6.07 Å². The molecule has 0 aromatic heterocycles. The first-order valence-corrected chi connectivity index (χ1v) is 7.76. The first-order chi connectivity index (χ1) is 10.5. The minimum absolute atomic E-state index is 0.0196. The van der Waals surface area contributed by atoms with Crippen molar-refractivity contribution in [3.63, 3.8) is 0 Å². The number of nitrogens with zero attached hydrogens (tertiary/aromatic N) is 2. The second-order valence-corrected chi connectivity index (χ2v) is 6.23. The molecule has 0 saturated carbocycles. The third kappa shape index (κ3) is 3.03. The zero-order chi connectivity index (χ0) is 15.7. The largest absolute Gasteiger partial charge is 0.393 e. The van der Waals surface area contributed by atoms with Gasteiger partial charge in [0.15, 0.2) is 5.78 Å². The average Bonchev–Trinajstić information content (AvgIpc) is 2.52. The Morgan fingerprint density at radius 1 is 1.27 bits per heavy atom. The number of benzene rings is 1. The van der Waals surface area contributed by atoms with Crippen LogP contribution in [0.4, 0.5) is 5.69 Å². The third-order valence-electron chi connectivity index (χ3n) is 4.74. The molecule has 0 amide bonds. The highest BCUT2D eigenvalue weighted by Crippen LogP contribution is 2.29. The Balaban J connectivity index is 1.73. The molecule has 6 nitrogen and oxygen atoms in total. The lowest BCUT2D eigenvalue weighted by atomic mass is 9.82. The normalized spacial score (nSPS) is 23.3. The molecule has 3 rings (SSSR count). The molecule has 0 bridgehead atoms. The number of carbonyl (C=O) groups is 1. The predicted octanol–water partition coefficient (Wildman–Crippen LogP) is 1.80. The van der Waals surface area contributed by atoms with Gasteiger partial charge in [-0.25, -0.2) is 0 Å². The van der Waals surface area contributed by atoms with Gasteiger partial charge in [-0.15, -0.1) is 0 Å². The lowest BCUT2D eigenvalue weighted by molar-refractivity contribution is -0.384. The Labute approximate surface area is 128 Å². The zero-order valence-corrected chi connectivity index (χ0v) is 12.4. The third-order valence-corrected chi connectivity index (χ3v) is 4.74. The molecule has 1 fully saturated rings. The van der Waals surface area contributed by atoms with E-state index in [0.29, 0.717) is 12.1 Å². The average molecular weight is 304 g/mol. The topological polar surface area (TPSA) is 83.7 Å². The standard InChI is InChI=1S/C16H20N2O4/c19-14-5-7-17(8-6-14)10-12-2-1-11-3-4-13(18(21)22)9-15(11)16(12)20/h3-4,9,12,14,19H,1-2,5-8,10H2. The van der Waals surface area contributed by atoms with Crippen LogP contribution in [0.3, 0.4) is 0 Å². The van der Waals surface area contributed by atoms with Crippen LogP contribution in [-0.4, -0.2) is 46.5 Å². The maximum absolute atomic E-state index is 12.6. The predicted molar refractivity (Wildman–Crippen MR) is 80.9 cm³/mol. The van der Waals surface area contributed by atoms with Gasteiger partial charge in [-0.2, -0.15) is 0 Å². The number of aliphatic hydroxyl groups is 1. The Morgan fingerprint density at radius 3 is 2.68 bits per heavy atom. The Kier molecular flexibility index (Phi) is 4.22. The van der Waals surface area contributed by atoms with Crippen LogP contribution in [0.5, 0.6) is 0 Å². The van der Waals surface area contributed by atoms with Gasteiger partial charge in [0.2, 0.25) is 0 Å². The number of Topliss-reactive ketones (excluding diaryl/α,β-unsaturated/α-hetero) is 1. The summed E-state index contributed by atoms with van der Waals surface area (Å²) in [6.07, 6.45) is 2.87. The van der Waals surface area contributed by atoms with Crippen molar-refractivity contribution in [3.8, 4) is 0 Å². The number of nitro groups is 1. The fraction of sp³-hybridized carbons (Fsp3) is 0.562. The highest BCUT2D eigenvalue weighted by molar-refractivity contribution is 6.00. The van der Waals surface area contributed by atoms with Crippen LogP contribution in [0.2, 0.25) is 0 Å². The van der Waals surface area contributed by atoms with Crippen molar-refractivity contribution in [1.82, 2.24) is 4.90 Å². The zero-order valence-electron chi connectivity index (χ0n) is 12.4. The number of piperidine rings is 1. The number of hydrogen-bond donors (Lipinski definition) is 1. The molecule has 2 aliphatic rings. The molecule has 1 atom stereocenters. The molecule has 0 spiro atoms. The number of nitro benzene ring substituents is 1. The van der Waals surface area contributed by atoms with E-state index < -0.39 is 4.92 Å². The number of fused-ring (bicyclic) bond motifs is 1. The van der Waals surface area contributed by atoms with Gasteiger partial charge >= 0.3 is 0 Å². The van der Waals surface area contributed by atoms with E-state index in [1.54, 1.807) is 6.07 Å². The van der Waals surface area contributed by atoms with E-state index in [1.165, 1.54) is 12.1 Å². The summed E-state index contributed by atoms with van der Waals surface area (Å²) in [6, 6.07) is 4.60. The summed E-state index contributed by atoms with van der Waals surface area (Å²) in [4.78, 5) is 25.3. The molecule has 1 aliphatic heterocycles. The maximum Gasteiger partial charge on any atom is 0.270 e. The van der Waals surface area contributed by atoms with E-state index in [2.05, 4.69) is 4.90 Å². The van der Waals surface area contributed by atoms with Crippen LogP contribution in [0.1, 0.15) is 35.2 Å². The summed E-state index contributed by atoms with van der Waals surface area (Å²) < 4.78 is 0. The summed E-state index contributed by atoms with van der Waals surface area (Å²) in [7, 11) is 0. The molecule has 1 saturated heterocycles. The van der Waals surface area contributed by atoms with Crippen molar-refractivity contribution in [3.05, 3.63) is 39.4 Å². The Morgan fingerprint density at radius 2 is 2.00 bits per heavy atom. The van der Waals surface area contributed by atoms with Crippen LogP contribution in [0.15, 0.2) is 18.2 Å². The van der Waals surface area contributed by atoms with Crippen molar-refractivity contribution in [2.45, 2.75) is 31.8 Å². The number of carbonyl (C=O) groups excluding carboxylic acids is 1. The van der Waals surface area contributed by atoms with Crippen LogP contribution >= 0.6 is 0 Å². The number of hydrogen-bond acceptors (Lipinski definition) is 5. The van der Waals surface area contributed by atoms with Gasteiger partial charge < -0.3 is 10.0 Å². The number of likely N-dealkylation sites (tertiary alicyclic amines) is 1. The van der Waals surface area contributed by atoms with Crippen LogP contribution in [0, 0.1) is 16.0 Å². The highest BCUT2D eigenvalue weighted by atomic mass is 16.6. The van der Waals surface area contributed by atoms with Crippen molar-refractivity contribution in [2.75, 3.05) is 19.6 Å². The molecular formula is C16H20N2O4. The molecule has 0 radical (unpaired) electrons. The molecule has 1 aromatic carbocycles. The molecule has 1 heterocycles. The number of non-ortho nitro benzene ring substituents is 1. The number of aryl methyl sites for hydroxylation is 1. The summed E-state index contributed by atoms with van der Waals surface area (Å²) >= 11 is 0. The number of ketones is 1. The van der Waals surface area contributed by atoms with Crippen LogP contribution < -0.4 is 0 Å². The highest BCUT2D eigenvalue weighted by Gasteiger charge is 2.31. The van der Waals surface area contributed by atoms with E-state index in [0.717, 1.165) is 44.3 Å². The number of rotatable bonds is 3. The monoisotopic (exact) mass is 304 g/mol. The molecule has 118 valence electrons. The van der Waals surface area contributed by atoms with Crippen LogP contribution in [-0.2, 0) is 6.42 Å². The van der Waals surface area contributed by atoms with Crippen molar-refractivity contribution in [2.24, 2.45) is 5.92 Å². The Hall–Kier alpha value is -1.79. The van der Waals surface area contributed by atoms with E-state index >= 15 is 0 Å². The van der Waals surface area contributed by atoms with Gasteiger partial charge in [0.25, 0.3) is 5.69 Å². The summed E-state index contributed by atoms with van der Waals surface area (Å²) in [5.41, 5.74) is 1.41. The van der Waals surface area contributed by atoms with Gasteiger partial charge in [0, 0.05) is 43.2 Å². The lowest BCUT2D eigenvalue weighted by Gasteiger charge is -2.33. The fourth-order valence-electron chi connectivity index (χ4n) is 3.39. The number of aliphatic hydroxyl groups excluding tert-OH is 1. The molecule has 22 heavy (non-hydrogen) atoms. The summed E-state index contributed by atoms with van der Waals surface area (Å²) in [5.74, 6) is -0.0687. The molecular weight excluding hydrogens is 284 g/mol. The minimum atomic E-state index is -0.455. The first kappa shape index (κ1) is 15.1. The second kappa shape index (κ2) is 6.14. The van der Waals surface area contributed by atoms with E-state index in [4.69, 9.17) is 0 Å². The molecule has 6 heteroatoms. The fourth-order valence-corrected chi connectivity index (χ4v) is 3.39. The molecule has 1 unspecified atom stereocenters. The van der Waals surface area contributed by atoms with Gasteiger partial charge in [0.1, 0.15) is 0 Å². The molecule has 1 aromatic rings. The molecule has 1 aliphatic carbocycles. The van der Waals surface area contributed by atoms with E-state index in [1.807, 2.05) is 0 Å². The minimum Gasteiger partial charge on any atom is -0.393 e. The van der Waals surface area contributed by atoms with Crippen molar-refractivity contribution >= 4 is 11.5 Å². The first-order valence-electron chi connectivity index (χ1n) is 7.76.